The number of aryl methyl sites for hydroxylation is 2. The number of nitrogens with zero attached hydrogens (tertiary/aromatic N) is 2. The Labute approximate surface area is 91.6 Å². The molecule has 0 fully saturated rings. The predicted molar refractivity (Wildman–Crippen MR) is 60.9 cm³/mol. The van der Waals surface area contributed by atoms with E-state index in [0.29, 0.717) is 6.61 Å². The third-order valence-electron chi connectivity index (χ3n) is 2.41. The summed E-state index contributed by atoms with van der Waals surface area (Å²) in [5.74, 6) is 0. The van der Waals surface area contributed by atoms with Crippen LogP contribution in [-0.4, -0.2) is 30.0 Å². The Hall–Kier alpha value is -0.870. The van der Waals surface area contributed by atoms with E-state index in [1.54, 1.807) is 0 Å². The molecule has 0 saturated heterocycles. The second-order valence-corrected chi connectivity index (χ2v) is 3.76. The molecule has 0 spiro atoms. The van der Waals surface area contributed by atoms with Crippen LogP contribution in [-0.2, 0) is 11.8 Å². The summed E-state index contributed by atoms with van der Waals surface area (Å²) in [6.45, 7) is 5.66. The second kappa shape index (κ2) is 5.88. The Balaban J connectivity index is 2.61. The summed E-state index contributed by atoms with van der Waals surface area (Å²) < 4.78 is 7.40. The van der Waals surface area contributed by atoms with Gasteiger partial charge in [0.25, 0.3) is 0 Å². The molecule has 0 saturated carbocycles. The van der Waals surface area contributed by atoms with Gasteiger partial charge in [0, 0.05) is 25.4 Å². The normalized spacial score (nSPS) is 13.1. The standard InChI is InChI=1S/C11H21N3O/c1-5-6-15-8-11(12-3)10-7-14(4)13-9(10)2/h7,11-12H,5-6,8H2,1-4H3. The number of aromatic nitrogens is 2. The summed E-state index contributed by atoms with van der Waals surface area (Å²) in [5, 5.41) is 7.58. The fourth-order valence-electron chi connectivity index (χ4n) is 1.63. The number of likely N-dealkylation sites (N-methyl/N-ethyl adjacent to an activating group) is 1. The van der Waals surface area contributed by atoms with E-state index in [2.05, 4.69) is 17.3 Å². The van der Waals surface area contributed by atoms with Crippen molar-refractivity contribution in [1.82, 2.24) is 15.1 Å². The molecule has 1 unspecified atom stereocenters. The maximum atomic E-state index is 5.55. The highest BCUT2D eigenvalue weighted by atomic mass is 16.5. The largest absolute Gasteiger partial charge is 0.379 e. The predicted octanol–water partition coefficient (Wildman–Crippen LogP) is 1.42. The molecule has 0 radical (unpaired) electrons. The van der Waals surface area contributed by atoms with Crippen LogP contribution >= 0.6 is 0 Å². The van der Waals surface area contributed by atoms with E-state index >= 15 is 0 Å². The molecular formula is C11H21N3O. The smallest absolute Gasteiger partial charge is 0.0662 e. The summed E-state index contributed by atoms with van der Waals surface area (Å²) in [6.07, 6.45) is 3.11. The van der Waals surface area contributed by atoms with Gasteiger partial charge in [0.05, 0.1) is 18.3 Å². The number of rotatable bonds is 6. The molecule has 4 nitrogen and oxygen atoms in total. The molecule has 0 aliphatic carbocycles. The molecule has 1 atom stereocenters. The zero-order valence-electron chi connectivity index (χ0n) is 10.1. The van der Waals surface area contributed by atoms with Crippen molar-refractivity contribution in [3.63, 3.8) is 0 Å². The van der Waals surface area contributed by atoms with Crippen LogP contribution < -0.4 is 5.32 Å². The minimum Gasteiger partial charge on any atom is -0.379 e. The second-order valence-electron chi connectivity index (χ2n) is 3.76. The number of hydrogen-bond donors (Lipinski definition) is 1. The number of hydrogen-bond acceptors (Lipinski definition) is 3. The molecule has 15 heavy (non-hydrogen) atoms. The van der Waals surface area contributed by atoms with Gasteiger partial charge in [-0.3, -0.25) is 4.68 Å². The lowest BCUT2D eigenvalue weighted by Gasteiger charge is -2.15. The van der Waals surface area contributed by atoms with Gasteiger partial charge in [-0.15, -0.1) is 0 Å². The highest BCUT2D eigenvalue weighted by molar-refractivity contribution is 5.19. The average molecular weight is 211 g/mol. The lowest BCUT2D eigenvalue weighted by molar-refractivity contribution is 0.114. The fourth-order valence-corrected chi connectivity index (χ4v) is 1.63. The number of nitrogens with one attached hydrogen (secondary N) is 1. The molecule has 86 valence electrons. The molecule has 1 heterocycles. The van der Waals surface area contributed by atoms with Crippen molar-refractivity contribution in [2.75, 3.05) is 20.3 Å². The minimum absolute atomic E-state index is 0.241. The first-order chi connectivity index (χ1) is 7.19. The van der Waals surface area contributed by atoms with Crippen molar-refractivity contribution in [2.24, 2.45) is 7.05 Å². The SMILES string of the molecule is CCCOCC(NC)c1cn(C)nc1C. The van der Waals surface area contributed by atoms with Crippen molar-refractivity contribution in [3.05, 3.63) is 17.5 Å². The van der Waals surface area contributed by atoms with Gasteiger partial charge >= 0.3 is 0 Å². The molecular weight excluding hydrogens is 190 g/mol. The van der Waals surface area contributed by atoms with Gasteiger partial charge < -0.3 is 10.1 Å². The fraction of sp³-hybridized carbons (Fsp3) is 0.727. The maximum Gasteiger partial charge on any atom is 0.0662 e. The molecule has 1 aromatic heterocycles. The molecule has 4 heteroatoms. The van der Waals surface area contributed by atoms with E-state index in [1.807, 2.05) is 31.9 Å². The van der Waals surface area contributed by atoms with Crippen molar-refractivity contribution in [2.45, 2.75) is 26.3 Å². The van der Waals surface area contributed by atoms with Gasteiger partial charge in [-0.25, -0.2) is 0 Å². The van der Waals surface area contributed by atoms with Crippen molar-refractivity contribution < 1.29 is 4.74 Å². The first-order valence-corrected chi connectivity index (χ1v) is 5.44. The third-order valence-corrected chi connectivity index (χ3v) is 2.41. The molecule has 0 bridgehead atoms. The van der Waals surface area contributed by atoms with Gasteiger partial charge in [-0.2, -0.15) is 5.10 Å². The van der Waals surface area contributed by atoms with Crippen LogP contribution in [0.15, 0.2) is 6.20 Å². The molecule has 0 amide bonds. The molecule has 0 aliphatic rings. The van der Waals surface area contributed by atoms with Gasteiger partial charge in [0.2, 0.25) is 0 Å². The first kappa shape index (κ1) is 12.2. The highest BCUT2D eigenvalue weighted by Gasteiger charge is 2.14. The average Bonchev–Trinajstić information content (AvgIpc) is 2.53. The van der Waals surface area contributed by atoms with Crippen molar-refractivity contribution >= 4 is 0 Å². The Kier molecular flexibility index (Phi) is 4.78. The van der Waals surface area contributed by atoms with Crippen LogP contribution in [0.3, 0.4) is 0 Å². The van der Waals surface area contributed by atoms with Gasteiger partial charge in [0.15, 0.2) is 0 Å². The summed E-state index contributed by atoms with van der Waals surface area (Å²) in [6, 6.07) is 0.241. The van der Waals surface area contributed by atoms with Crippen LogP contribution in [0.25, 0.3) is 0 Å². The van der Waals surface area contributed by atoms with E-state index in [-0.39, 0.29) is 6.04 Å². The minimum atomic E-state index is 0.241. The first-order valence-electron chi connectivity index (χ1n) is 5.44. The Morgan fingerprint density at radius 1 is 1.60 bits per heavy atom. The van der Waals surface area contributed by atoms with Gasteiger partial charge in [0.1, 0.15) is 0 Å². The molecule has 1 aromatic rings. The Morgan fingerprint density at radius 2 is 2.33 bits per heavy atom. The summed E-state index contributed by atoms with van der Waals surface area (Å²) in [5.41, 5.74) is 2.29. The van der Waals surface area contributed by atoms with E-state index in [1.165, 1.54) is 5.56 Å². The lowest BCUT2D eigenvalue weighted by Crippen LogP contribution is -2.22. The topological polar surface area (TPSA) is 39.1 Å². The molecule has 0 aromatic carbocycles. The van der Waals surface area contributed by atoms with E-state index < -0.39 is 0 Å². The third kappa shape index (κ3) is 3.32. The van der Waals surface area contributed by atoms with E-state index in [4.69, 9.17) is 4.74 Å². The summed E-state index contributed by atoms with van der Waals surface area (Å²) in [4.78, 5) is 0. The number of ether oxygens (including phenoxy) is 1. The van der Waals surface area contributed by atoms with E-state index in [9.17, 15) is 0 Å². The summed E-state index contributed by atoms with van der Waals surface area (Å²) in [7, 11) is 3.89. The van der Waals surface area contributed by atoms with Gasteiger partial charge in [-0.1, -0.05) is 6.92 Å². The van der Waals surface area contributed by atoms with E-state index in [0.717, 1.165) is 18.7 Å². The zero-order valence-corrected chi connectivity index (χ0v) is 10.1. The van der Waals surface area contributed by atoms with Crippen LogP contribution in [0.1, 0.15) is 30.6 Å². The quantitative estimate of drug-likeness (QED) is 0.723. The van der Waals surface area contributed by atoms with Crippen LogP contribution in [0.2, 0.25) is 0 Å². The van der Waals surface area contributed by atoms with Crippen LogP contribution in [0, 0.1) is 6.92 Å². The van der Waals surface area contributed by atoms with Crippen LogP contribution in [0.4, 0.5) is 0 Å². The Morgan fingerprint density at radius 3 is 2.80 bits per heavy atom. The summed E-state index contributed by atoms with van der Waals surface area (Å²) >= 11 is 0. The zero-order chi connectivity index (χ0) is 11.3. The Bertz CT molecular complexity index is 296. The molecule has 1 N–H and O–H groups in total. The maximum absolute atomic E-state index is 5.55. The lowest BCUT2D eigenvalue weighted by atomic mass is 10.1. The van der Waals surface area contributed by atoms with Crippen LogP contribution in [0.5, 0.6) is 0 Å². The monoisotopic (exact) mass is 211 g/mol. The van der Waals surface area contributed by atoms with Crippen molar-refractivity contribution in [1.29, 1.82) is 0 Å². The molecule has 1 rings (SSSR count). The molecule has 0 aliphatic heterocycles. The van der Waals surface area contributed by atoms with Gasteiger partial charge in [-0.05, 0) is 20.4 Å². The van der Waals surface area contributed by atoms with Crippen molar-refractivity contribution in [3.8, 4) is 0 Å². The highest BCUT2D eigenvalue weighted by Crippen LogP contribution is 2.16.